The van der Waals surface area contributed by atoms with Gasteiger partial charge in [0.1, 0.15) is 5.82 Å². The lowest BCUT2D eigenvalue weighted by molar-refractivity contribution is 0.0210. The summed E-state index contributed by atoms with van der Waals surface area (Å²) in [6, 6.07) is 9.28. The van der Waals surface area contributed by atoms with Crippen molar-refractivity contribution < 1.29 is 4.39 Å². The number of benzene rings is 1. The Balaban J connectivity index is 1.32. The van der Waals surface area contributed by atoms with Crippen LogP contribution in [0.4, 0.5) is 4.39 Å². The molecule has 0 radical (unpaired) electrons. The van der Waals surface area contributed by atoms with Crippen LogP contribution in [0, 0.1) is 5.82 Å². The molecule has 3 fully saturated rings. The fraction of sp³-hybridized carbons (Fsp3) is 0.682. The summed E-state index contributed by atoms with van der Waals surface area (Å²) in [4.78, 5) is 2.66. The van der Waals surface area contributed by atoms with E-state index in [9.17, 15) is 4.39 Å². The van der Waals surface area contributed by atoms with Gasteiger partial charge in [0.25, 0.3) is 0 Å². The summed E-state index contributed by atoms with van der Waals surface area (Å²) in [6.45, 7) is 0.938. The van der Waals surface area contributed by atoms with Crippen molar-refractivity contribution in [1.82, 2.24) is 15.5 Å². The summed E-state index contributed by atoms with van der Waals surface area (Å²) in [7, 11) is 0. The fourth-order valence-electron chi connectivity index (χ4n) is 5.31. The van der Waals surface area contributed by atoms with Crippen molar-refractivity contribution >= 4 is 17.3 Å². The van der Waals surface area contributed by atoms with Gasteiger partial charge in [0.15, 0.2) is 5.11 Å². The van der Waals surface area contributed by atoms with E-state index in [0.29, 0.717) is 24.2 Å². The van der Waals surface area contributed by atoms with E-state index in [4.69, 9.17) is 12.2 Å². The van der Waals surface area contributed by atoms with E-state index in [0.717, 1.165) is 24.5 Å². The first-order chi connectivity index (χ1) is 13.2. The average Bonchev–Trinajstić information content (AvgIpc) is 2.65. The quantitative estimate of drug-likeness (QED) is 0.741. The zero-order valence-electron chi connectivity index (χ0n) is 16.1. The second-order valence-corrected chi connectivity index (χ2v) is 9.07. The number of fused-ring (bicyclic) bond motifs is 2. The van der Waals surface area contributed by atoms with Gasteiger partial charge >= 0.3 is 0 Å². The number of halogens is 1. The van der Waals surface area contributed by atoms with Crippen LogP contribution in [0.15, 0.2) is 24.3 Å². The summed E-state index contributed by atoms with van der Waals surface area (Å²) in [6.07, 6.45) is 12.7. The van der Waals surface area contributed by atoms with Crippen LogP contribution < -0.4 is 10.6 Å². The zero-order valence-corrected chi connectivity index (χ0v) is 16.9. The lowest BCUT2D eigenvalue weighted by Gasteiger charge is -2.49. The number of thiocarbonyl (C=S) groups is 1. The van der Waals surface area contributed by atoms with Gasteiger partial charge in [-0.2, -0.15) is 0 Å². The first-order valence-corrected chi connectivity index (χ1v) is 11.2. The highest BCUT2D eigenvalue weighted by Crippen LogP contribution is 2.35. The van der Waals surface area contributed by atoms with Crippen LogP contribution in [0.2, 0.25) is 0 Å². The van der Waals surface area contributed by atoms with Crippen molar-refractivity contribution in [3.05, 3.63) is 35.6 Å². The predicted octanol–water partition coefficient (Wildman–Crippen LogP) is 4.51. The molecule has 1 aliphatic carbocycles. The Bertz CT molecular complexity index is 615. The summed E-state index contributed by atoms with van der Waals surface area (Å²) >= 11 is 5.62. The highest BCUT2D eigenvalue weighted by molar-refractivity contribution is 7.80. The van der Waals surface area contributed by atoms with E-state index >= 15 is 0 Å². The van der Waals surface area contributed by atoms with Gasteiger partial charge < -0.3 is 10.6 Å². The van der Waals surface area contributed by atoms with Gasteiger partial charge in [-0.3, -0.25) is 4.90 Å². The molecule has 4 rings (SSSR count). The van der Waals surface area contributed by atoms with Gasteiger partial charge in [0.2, 0.25) is 0 Å². The van der Waals surface area contributed by atoms with Crippen LogP contribution in [0.5, 0.6) is 0 Å². The molecule has 1 aromatic rings. The van der Waals surface area contributed by atoms with Gasteiger partial charge in [0, 0.05) is 30.7 Å². The topological polar surface area (TPSA) is 27.3 Å². The molecule has 27 heavy (non-hydrogen) atoms. The molecule has 3 aliphatic rings. The second kappa shape index (κ2) is 8.87. The van der Waals surface area contributed by atoms with Crippen LogP contribution >= 0.6 is 12.2 Å². The van der Waals surface area contributed by atoms with Crippen LogP contribution in [0.1, 0.15) is 69.8 Å². The van der Waals surface area contributed by atoms with Crippen molar-refractivity contribution in [1.29, 1.82) is 0 Å². The van der Waals surface area contributed by atoms with Crippen LogP contribution in [0.3, 0.4) is 0 Å². The Kier molecular flexibility index (Phi) is 6.28. The second-order valence-electron chi connectivity index (χ2n) is 8.66. The molecule has 2 heterocycles. The van der Waals surface area contributed by atoms with E-state index in [-0.39, 0.29) is 5.82 Å². The van der Waals surface area contributed by atoms with Gasteiger partial charge in [-0.25, -0.2) is 4.39 Å². The third-order valence-corrected chi connectivity index (χ3v) is 6.92. The molecule has 0 spiro atoms. The van der Waals surface area contributed by atoms with Gasteiger partial charge in [-0.05, 0) is 68.4 Å². The van der Waals surface area contributed by atoms with Gasteiger partial charge in [-0.15, -0.1) is 0 Å². The Hall–Kier alpha value is -1.20. The minimum Gasteiger partial charge on any atom is -0.360 e. The maximum Gasteiger partial charge on any atom is 0.166 e. The van der Waals surface area contributed by atoms with Crippen molar-refractivity contribution in [2.24, 2.45) is 0 Å². The van der Waals surface area contributed by atoms with Crippen molar-refractivity contribution in [2.45, 2.75) is 94.9 Å². The molecular formula is C22H32FN3S. The number of nitrogens with one attached hydrogen (secondary N) is 2. The van der Waals surface area contributed by atoms with Crippen molar-refractivity contribution in [3.8, 4) is 0 Å². The molecule has 2 N–H and O–H groups in total. The predicted molar refractivity (Wildman–Crippen MR) is 112 cm³/mol. The zero-order chi connectivity index (χ0) is 18.6. The Morgan fingerprint density at radius 2 is 1.52 bits per heavy atom. The maximum absolute atomic E-state index is 13.2. The molecule has 3 nitrogen and oxygen atoms in total. The fourth-order valence-corrected chi connectivity index (χ4v) is 5.65. The normalized spacial score (nSPS) is 29.3. The SMILES string of the molecule is Fc1ccc(CN2C3CCCC2CC(NC(=S)NC2CCCCC2)C3)cc1. The molecule has 2 bridgehead atoms. The first kappa shape index (κ1) is 19.1. The maximum atomic E-state index is 13.2. The van der Waals surface area contributed by atoms with Crippen LogP contribution in [-0.4, -0.2) is 34.2 Å². The molecule has 2 unspecified atom stereocenters. The summed E-state index contributed by atoms with van der Waals surface area (Å²) in [5.41, 5.74) is 1.22. The third kappa shape index (κ3) is 5.00. The first-order valence-electron chi connectivity index (χ1n) is 10.7. The lowest BCUT2D eigenvalue weighted by atomic mass is 9.81. The minimum absolute atomic E-state index is 0.152. The van der Waals surface area contributed by atoms with E-state index < -0.39 is 0 Å². The average molecular weight is 390 g/mol. The summed E-state index contributed by atoms with van der Waals surface area (Å²) in [5.74, 6) is -0.152. The Labute approximate surface area is 168 Å². The summed E-state index contributed by atoms with van der Waals surface area (Å²) < 4.78 is 13.2. The monoisotopic (exact) mass is 389 g/mol. The molecule has 0 amide bonds. The molecular weight excluding hydrogens is 357 g/mol. The number of piperidine rings is 2. The highest BCUT2D eigenvalue weighted by atomic mass is 32.1. The molecule has 2 saturated heterocycles. The lowest BCUT2D eigenvalue weighted by Crippen LogP contribution is -2.58. The minimum atomic E-state index is -0.152. The van der Waals surface area contributed by atoms with Crippen LogP contribution in [0.25, 0.3) is 0 Å². The summed E-state index contributed by atoms with van der Waals surface area (Å²) in [5, 5.41) is 8.05. The van der Waals surface area contributed by atoms with Gasteiger partial charge in [-0.1, -0.05) is 37.8 Å². The van der Waals surface area contributed by atoms with Crippen molar-refractivity contribution in [3.63, 3.8) is 0 Å². The highest BCUT2D eigenvalue weighted by Gasteiger charge is 2.38. The molecule has 2 aliphatic heterocycles. The number of rotatable bonds is 4. The molecule has 148 valence electrons. The Morgan fingerprint density at radius 1 is 0.889 bits per heavy atom. The smallest absolute Gasteiger partial charge is 0.166 e. The number of nitrogens with zero attached hydrogens (tertiary/aromatic N) is 1. The van der Waals surface area contributed by atoms with Crippen molar-refractivity contribution in [2.75, 3.05) is 0 Å². The number of hydrogen-bond acceptors (Lipinski definition) is 2. The molecule has 0 aromatic heterocycles. The number of hydrogen-bond donors (Lipinski definition) is 2. The third-order valence-electron chi connectivity index (χ3n) is 6.68. The van der Waals surface area contributed by atoms with E-state index in [2.05, 4.69) is 15.5 Å². The van der Waals surface area contributed by atoms with Gasteiger partial charge in [0.05, 0.1) is 0 Å². The van der Waals surface area contributed by atoms with Crippen LogP contribution in [-0.2, 0) is 6.54 Å². The van der Waals surface area contributed by atoms with E-state index in [1.165, 1.54) is 56.9 Å². The molecule has 2 atom stereocenters. The van der Waals surface area contributed by atoms with E-state index in [1.54, 1.807) is 12.1 Å². The molecule has 1 aromatic carbocycles. The molecule has 5 heteroatoms. The largest absolute Gasteiger partial charge is 0.360 e. The Morgan fingerprint density at radius 3 is 2.19 bits per heavy atom. The molecule has 1 saturated carbocycles. The van der Waals surface area contributed by atoms with E-state index in [1.807, 2.05) is 12.1 Å². The standard InChI is InChI=1S/C22H32FN3S/c23-17-11-9-16(10-12-17)15-26-20-7-4-8-21(26)14-19(13-20)25-22(27)24-18-5-2-1-3-6-18/h9-12,18-21H,1-8,13-15H2,(H2,24,25,27).